The number of amides is 1. The van der Waals surface area contributed by atoms with E-state index in [4.69, 9.17) is 0 Å². The van der Waals surface area contributed by atoms with E-state index in [1.165, 1.54) is 0 Å². The molecule has 1 amide bonds. The standard InChI is InChI=1S/C19H32N4O2/c1-15-6-5-7-18(16(15)2)20-19(25)14-22(4)12-17(24)13-23-10-8-21(3)9-11-23/h5-7,17,24H,8-14H2,1-4H3,(H,20,25). The van der Waals surface area contributed by atoms with Gasteiger partial charge in [0, 0.05) is 45.0 Å². The van der Waals surface area contributed by atoms with Crippen LogP contribution in [-0.4, -0.2) is 91.7 Å². The van der Waals surface area contributed by atoms with E-state index in [1.807, 2.05) is 44.0 Å². The van der Waals surface area contributed by atoms with Gasteiger partial charge in [-0.25, -0.2) is 0 Å². The summed E-state index contributed by atoms with van der Waals surface area (Å²) in [5.74, 6) is -0.0528. The molecule has 1 heterocycles. The summed E-state index contributed by atoms with van der Waals surface area (Å²) in [7, 11) is 3.99. The van der Waals surface area contributed by atoms with E-state index in [0.29, 0.717) is 13.1 Å². The fourth-order valence-corrected chi connectivity index (χ4v) is 3.13. The summed E-state index contributed by atoms with van der Waals surface area (Å²) < 4.78 is 0. The molecule has 0 bridgehead atoms. The molecule has 0 aromatic heterocycles. The number of aryl methyl sites for hydroxylation is 1. The quantitative estimate of drug-likeness (QED) is 0.763. The lowest BCUT2D eigenvalue weighted by Crippen LogP contribution is -2.48. The molecule has 2 rings (SSSR count). The zero-order chi connectivity index (χ0) is 18.4. The summed E-state index contributed by atoms with van der Waals surface area (Å²) in [4.78, 5) is 18.7. The average molecular weight is 348 g/mol. The van der Waals surface area contributed by atoms with Crippen molar-refractivity contribution < 1.29 is 9.90 Å². The van der Waals surface area contributed by atoms with Gasteiger partial charge in [0.05, 0.1) is 12.6 Å². The molecular weight excluding hydrogens is 316 g/mol. The number of hydrogen-bond donors (Lipinski definition) is 2. The molecule has 1 fully saturated rings. The van der Waals surface area contributed by atoms with Crippen molar-refractivity contribution >= 4 is 11.6 Å². The highest BCUT2D eigenvalue weighted by Gasteiger charge is 2.18. The van der Waals surface area contributed by atoms with Gasteiger partial charge in [-0.2, -0.15) is 0 Å². The molecule has 1 aromatic carbocycles. The molecule has 6 heteroatoms. The molecule has 25 heavy (non-hydrogen) atoms. The predicted molar refractivity (Wildman–Crippen MR) is 102 cm³/mol. The largest absolute Gasteiger partial charge is 0.390 e. The highest BCUT2D eigenvalue weighted by molar-refractivity contribution is 5.93. The zero-order valence-electron chi connectivity index (χ0n) is 16.0. The molecule has 0 spiro atoms. The number of nitrogens with one attached hydrogen (secondary N) is 1. The van der Waals surface area contributed by atoms with E-state index >= 15 is 0 Å². The van der Waals surface area contributed by atoms with E-state index in [9.17, 15) is 9.90 Å². The number of hydrogen-bond acceptors (Lipinski definition) is 5. The summed E-state index contributed by atoms with van der Waals surface area (Å²) >= 11 is 0. The number of carbonyl (C=O) groups is 1. The highest BCUT2D eigenvalue weighted by Crippen LogP contribution is 2.17. The fourth-order valence-electron chi connectivity index (χ4n) is 3.13. The Morgan fingerprint density at radius 1 is 1.28 bits per heavy atom. The molecule has 2 N–H and O–H groups in total. The summed E-state index contributed by atoms with van der Waals surface area (Å²) in [6.07, 6.45) is -0.443. The minimum Gasteiger partial charge on any atom is -0.390 e. The average Bonchev–Trinajstić information content (AvgIpc) is 2.53. The van der Waals surface area contributed by atoms with Gasteiger partial charge >= 0.3 is 0 Å². The second kappa shape index (κ2) is 9.29. The molecule has 1 unspecified atom stereocenters. The number of nitrogens with zero attached hydrogens (tertiary/aromatic N) is 3. The first-order valence-electron chi connectivity index (χ1n) is 8.98. The van der Waals surface area contributed by atoms with Gasteiger partial charge in [-0.1, -0.05) is 12.1 Å². The molecular formula is C19H32N4O2. The van der Waals surface area contributed by atoms with Crippen LogP contribution in [0.15, 0.2) is 18.2 Å². The lowest BCUT2D eigenvalue weighted by Gasteiger charge is -2.34. The second-order valence-corrected chi connectivity index (χ2v) is 7.25. The van der Waals surface area contributed by atoms with Crippen molar-refractivity contribution in [3.63, 3.8) is 0 Å². The predicted octanol–water partition coefficient (Wildman–Crippen LogP) is 0.782. The molecule has 0 saturated carbocycles. The third-order valence-corrected chi connectivity index (χ3v) is 4.88. The zero-order valence-corrected chi connectivity index (χ0v) is 16.0. The molecule has 1 saturated heterocycles. The van der Waals surface area contributed by atoms with E-state index in [-0.39, 0.29) is 12.5 Å². The van der Waals surface area contributed by atoms with Crippen molar-refractivity contribution in [2.75, 3.05) is 65.2 Å². The minimum atomic E-state index is -0.443. The fraction of sp³-hybridized carbons (Fsp3) is 0.632. The molecule has 1 aliphatic heterocycles. The number of β-amino-alcohol motifs (C(OH)–C–C–N with tert-alkyl or cyclic N) is 1. The molecule has 1 aromatic rings. The van der Waals surface area contributed by atoms with Crippen LogP contribution in [0, 0.1) is 13.8 Å². The molecule has 6 nitrogen and oxygen atoms in total. The molecule has 1 atom stereocenters. The van der Waals surface area contributed by atoms with Gasteiger partial charge in [0.1, 0.15) is 0 Å². The number of aliphatic hydroxyl groups excluding tert-OH is 1. The van der Waals surface area contributed by atoms with Crippen molar-refractivity contribution in [3.8, 4) is 0 Å². The van der Waals surface area contributed by atoms with Crippen LogP contribution < -0.4 is 5.32 Å². The van der Waals surface area contributed by atoms with Crippen LogP contribution in [-0.2, 0) is 4.79 Å². The van der Waals surface area contributed by atoms with E-state index < -0.39 is 6.10 Å². The monoisotopic (exact) mass is 348 g/mol. The maximum Gasteiger partial charge on any atom is 0.238 e. The van der Waals surface area contributed by atoms with Gasteiger partial charge < -0.3 is 15.3 Å². The third kappa shape index (κ3) is 6.40. The van der Waals surface area contributed by atoms with Gasteiger partial charge in [-0.3, -0.25) is 14.6 Å². The van der Waals surface area contributed by atoms with Crippen LogP contribution in [0.5, 0.6) is 0 Å². The van der Waals surface area contributed by atoms with Crippen molar-refractivity contribution in [2.24, 2.45) is 0 Å². The number of carbonyl (C=O) groups excluding carboxylic acids is 1. The van der Waals surface area contributed by atoms with Crippen molar-refractivity contribution in [3.05, 3.63) is 29.3 Å². The Hall–Kier alpha value is -1.47. The number of anilines is 1. The normalized spacial score (nSPS) is 17.7. The SMILES string of the molecule is Cc1cccc(NC(=O)CN(C)CC(O)CN2CCN(C)CC2)c1C. The number of piperazine rings is 1. The van der Waals surface area contributed by atoms with Crippen LogP contribution in [0.1, 0.15) is 11.1 Å². The van der Waals surface area contributed by atoms with Crippen LogP contribution >= 0.6 is 0 Å². The lowest BCUT2D eigenvalue weighted by molar-refractivity contribution is -0.117. The van der Waals surface area contributed by atoms with Gasteiger partial charge in [0.2, 0.25) is 5.91 Å². The number of aliphatic hydroxyl groups is 1. The summed E-state index contributed by atoms with van der Waals surface area (Å²) in [6.45, 7) is 9.53. The van der Waals surface area contributed by atoms with Crippen LogP contribution in [0.25, 0.3) is 0 Å². The summed E-state index contributed by atoms with van der Waals surface area (Å²) in [5, 5.41) is 13.3. The third-order valence-electron chi connectivity index (χ3n) is 4.88. The maximum absolute atomic E-state index is 12.2. The van der Waals surface area contributed by atoms with Gasteiger partial charge in [0.15, 0.2) is 0 Å². The first-order chi connectivity index (χ1) is 11.8. The maximum atomic E-state index is 12.2. The van der Waals surface area contributed by atoms with E-state index in [0.717, 1.165) is 43.0 Å². The Bertz CT molecular complexity index is 571. The molecule has 0 radical (unpaired) electrons. The number of likely N-dealkylation sites (N-methyl/N-ethyl adjacent to an activating group) is 2. The Labute approximate surface area is 151 Å². The molecule has 0 aliphatic carbocycles. The lowest BCUT2D eigenvalue weighted by atomic mass is 10.1. The topological polar surface area (TPSA) is 59.1 Å². The van der Waals surface area contributed by atoms with E-state index in [1.54, 1.807) is 0 Å². The van der Waals surface area contributed by atoms with Crippen LogP contribution in [0.4, 0.5) is 5.69 Å². The Balaban J connectivity index is 1.74. The smallest absolute Gasteiger partial charge is 0.238 e. The highest BCUT2D eigenvalue weighted by atomic mass is 16.3. The Morgan fingerprint density at radius 2 is 1.96 bits per heavy atom. The number of benzene rings is 1. The second-order valence-electron chi connectivity index (χ2n) is 7.25. The van der Waals surface area contributed by atoms with Gasteiger partial charge in [0.25, 0.3) is 0 Å². The summed E-state index contributed by atoms with van der Waals surface area (Å²) in [5.41, 5.74) is 3.11. The molecule has 1 aliphatic rings. The Kier molecular flexibility index (Phi) is 7.38. The van der Waals surface area contributed by atoms with E-state index in [2.05, 4.69) is 22.2 Å². The van der Waals surface area contributed by atoms with Crippen molar-refractivity contribution in [2.45, 2.75) is 20.0 Å². The van der Waals surface area contributed by atoms with Gasteiger partial charge in [-0.05, 0) is 45.1 Å². The van der Waals surface area contributed by atoms with Crippen LogP contribution in [0.3, 0.4) is 0 Å². The van der Waals surface area contributed by atoms with Gasteiger partial charge in [-0.15, -0.1) is 0 Å². The van der Waals surface area contributed by atoms with Crippen molar-refractivity contribution in [1.29, 1.82) is 0 Å². The first-order valence-corrected chi connectivity index (χ1v) is 8.98. The molecule has 140 valence electrons. The minimum absolute atomic E-state index is 0.0528. The summed E-state index contributed by atoms with van der Waals surface area (Å²) in [6, 6.07) is 5.90. The first kappa shape index (κ1) is 19.8. The Morgan fingerprint density at radius 3 is 2.64 bits per heavy atom. The van der Waals surface area contributed by atoms with Crippen LogP contribution in [0.2, 0.25) is 0 Å². The number of rotatable bonds is 7. The van der Waals surface area contributed by atoms with Crippen molar-refractivity contribution in [1.82, 2.24) is 14.7 Å².